The average molecular weight is 665 g/mol. The van der Waals surface area contributed by atoms with Crippen LogP contribution in [0.5, 0.6) is 0 Å². The average Bonchev–Trinajstić information content (AvgIpc) is 3.91. The lowest BCUT2D eigenvalue weighted by Crippen LogP contribution is -2.65. The lowest BCUT2D eigenvalue weighted by Gasteiger charge is -2.60. The lowest BCUT2D eigenvalue weighted by atomic mass is 9.41. The van der Waals surface area contributed by atoms with Gasteiger partial charge >= 0.3 is 5.97 Å². The zero-order chi connectivity index (χ0) is 33.3. The normalized spacial score (nSPS) is 45.2. The quantitative estimate of drug-likeness (QED) is 0.195. The van der Waals surface area contributed by atoms with Gasteiger partial charge in [-0.1, -0.05) is 64.5 Å². The smallest absolute Gasteiger partial charge is 0.315 e. The molecule has 0 aromatic carbocycles. The van der Waals surface area contributed by atoms with E-state index in [9.17, 15) is 14.7 Å². The largest absolute Gasteiger partial charge is 0.481 e. The van der Waals surface area contributed by atoms with Crippen LogP contribution in [0.25, 0.3) is 0 Å². The van der Waals surface area contributed by atoms with E-state index in [0.29, 0.717) is 24.2 Å². The van der Waals surface area contributed by atoms with E-state index in [4.69, 9.17) is 9.47 Å². The number of fused-ring (bicyclic) bond motifs is 2. The maximum absolute atomic E-state index is 14.2. The molecule has 3 aliphatic heterocycles. The van der Waals surface area contributed by atoms with Gasteiger partial charge in [-0.25, -0.2) is 0 Å². The second-order valence-electron chi connectivity index (χ2n) is 18.4. The highest BCUT2D eigenvalue weighted by atomic mass is 16.5. The predicted molar refractivity (Wildman–Crippen MR) is 186 cm³/mol. The van der Waals surface area contributed by atoms with Crippen molar-refractivity contribution < 1.29 is 24.2 Å². The fraction of sp³-hybridized carbons (Fsp3) is 0.902. The van der Waals surface area contributed by atoms with E-state index >= 15 is 0 Å². The summed E-state index contributed by atoms with van der Waals surface area (Å²) in [6, 6.07) is 0. The van der Waals surface area contributed by atoms with Crippen LogP contribution in [0.3, 0.4) is 0 Å². The van der Waals surface area contributed by atoms with Crippen molar-refractivity contribution in [3.8, 4) is 0 Å². The first-order valence-corrected chi connectivity index (χ1v) is 20.3. The molecule has 7 fully saturated rings. The van der Waals surface area contributed by atoms with Crippen molar-refractivity contribution >= 4 is 12.3 Å². The Labute approximate surface area is 289 Å². The van der Waals surface area contributed by atoms with Gasteiger partial charge in [-0.15, -0.1) is 0 Å². The number of carbonyl (C=O) groups is 2. The lowest BCUT2D eigenvalue weighted by molar-refractivity contribution is -0.197. The monoisotopic (exact) mass is 664 g/mol. The molecule has 5 aliphatic carbocycles. The first kappa shape index (κ1) is 33.8. The molecule has 6 unspecified atom stereocenters. The second kappa shape index (κ2) is 13.0. The van der Waals surface area contributed by atoms with Crippen LogP contribution in [-0.4, -0.2) is 91.9 Å². The van der Waals surface area contributed by atoms with Gasteiger partial charge in [0.15, 0.2) is 0 Å². The number of hydrogen-bond donors (Lipinski definition) is 1. The number of aldehydes is 1. The molecular formula is C41H64N2O5. The maximum atomic E-state index is 14.2. The molecule has 4 bridgehead atoms. The molecule has 10 atom stereocenters. The van der Waals surface area contributed by atoms with Crippen LogP contribution in [-0.2, 0) is 19.1 Å². The molecule has 3 heterocycles. The Bertz CT molecular complexity index is 1230. The standard InChI is InChI=1S/C41H64N2O5/c1-27(2)35-22-32-23-39(26-44)34-9-8-28(3)33(34)24-40(32,41(35,39)38(45)46)37-21-31(20-30-6-4-5-7-30)36(48-37)25-43-14-11-29(12-15-43)10-13-42-16-18-47-19-17-42/h22,26-34,36-37H,4-21,23-25H2,1-3H3,(H,45,46)/t28-,31?,32?,33-,34-,36?,37?,39?,40?,41+/m1/s1. The van der Waals surface area contributed by atoms with Crippen molar-refractivity contribution in [2.75, 3.05) is 52.5 Å². The van der Waals surface area contributed by atoms with E-state index in [1.807, 2.05) is 0 Å². The summed E-state index contributed by atoms with van der Waals surface area (Å²) in [6.45, 7) is 15.1. The van der Waals surface area contributed by atoms with Gasteiger partial charge in [0.05, 0.1) is 30.8 Å². The third kappa shape index (κ3) is 5.00. The van der Waals surface area contributed by atoms with Gasteiger partial charge in [0.1, 0.15) is 11.7 Å². The molecular weight excluding hydrogens is 600 g/mol. The molecule has 7 heteroatoms. The summed E-state index contributed by atoms with van der Waals surface area (Å²) in [5, 5.41) is 11.6. The molecule has 7 nitrogen and oxygen atoms in total. The van der Waals surface area contributed by atoms with Gasteiger partial charge in [-0.3, -0.25) is 9.69 Å². The number of ether oxygens (including phenoxy) is 2. The minimum Gasteiger partial charge on any atom is -0.481 e. The van der Waals surface area contributed by atoms with Crippen molar-refractivity contribution in [2.45, 2.75) is 116 Å². The third-order valence-corrected chi connectivity index (χ3v) is 16.2. The van der Waals surface area contributed by atoms with Gasteiger partial charge in [0.2, 0.25) is 0 Å². The number of rotatable bonds is 11. The number of piperidine rings is 1. The molecule has 1 N–H and O–H groups in total. The van der Waals surface area contributed by atoms with E-state index in [0.717, 1.165) is 89.0 Å². The van der Waals surface area contributed by atoms with Crippen molar-refractivity contribution in [2.24, 2.45) is 63.6 Å². The summed E-state index contributed by atoms with van der Waals surface area (Å²) >= 11 is 0. The predicted octanol–water partition coefficient (Wildman–Crippen LogP) is 6.70. The number of hydrogen-bond acceptors (Lipinski definition) is 6. The Morgan fingerprint density at radius 1 is 1.00 bits per heavy atom. The highest BCUT2D eigenvalue weighted by Gasteiger charge is 2.86. The summed E-state index contributed by atoms with van der Waals surface area (Å²) in [5.74, 6) is 2.69. The minimum absolute atomic E-state index is 0.0934. The van der Waals surface area contributed by atoms with E-state index in [1.165, 1.54) is 64.2 Å². The summed E-state index contributed by atoms with van der Waals surface area (Å²) in [5.41, 5.74) is -1.41. The van der Waals surface area contributed by atoms with Gasteiger partial charge in [-0.05, 0) is 118 Å². The van der Waals surface area contributed by atoms with E-state index in [-0.39, 0.29) is 30.0 Å². The Morgan fingerprint density at radius 3 is 2.44 bits per heavy atom. The molecule has 0 aromatic heterocycles. The Hall–Kier alpha value is -1.28. The zero-order valence-corrected chi connectivity index (χ0v) is 30.3. The summed E-state index contributed by atoms with van der Waals surface area (Å²) in [4.78, 5) is 33.1. The molecule has 8 rings (SSSR count). The second-order valence-corrected chi connectivity index (χ2v) is 18.4. The summed E-state index contributed by atoms with van der Waals surface area (Å²) < 4.78 is 13.0. The van der Waals surface area contributed by atoms with Crippen LogP contribution in [0, 0.1) is 63.6 Å². The fourth-order valence-electron chi connectivity index (χ4n) is 14.0. The summed E-state index contributed by atoms with van der Waals surface area (Å²) in [7, 11) is 0. The zero-order valence-electron chi connectivity index (χ0n) is 30.3. The highest BCUT2D eigenvalue weighted by molar-refractivity contribution is 5.90. The third-order valence-electron chi connectivity index (χ3n) is 16.2. The topological polar surface area (TPSA) is 79.3 Å². The van der Waals surface area contributed by atoms with E-state index in [2.05, 4.69) is 36.6 Å². The van der Waals surface area contributed by atoms with Crippen molar-refractivity contribution in [3.63, 3.8) is 0 Å². The number of nitrogens with zero attached hydrogens (tertiary/aromatic N) is 2. The van der Waals surface area contributed by atoms with Gasteiger partial charge < -0.3 is 24.3 Å². The molecule has 268 valence electrons. The van der Waals surface area contributed by atoms with Crippen LogP contribution in [0.4, 0.5) is 0 Å². The number of carboxylic acid groups (broad SMARTS) is 1. The van der Waals surface area contributed by atoms with E-state index in [1.54, 1.807) is 0 Å². The van der Waals surface area contributed by atoms with Crippen molar-refractivity contribution in [1.29, 1.82) is 0 Å². The Kier molecular flexibility index (Phi) is 9.20. The van der Waals surface area contributed by atoms with Crippen LogP contribution in [0.15, 0.2) is 11.6 Å². The number of allylic oxidation sites excluding steroid dienone is 1. The Balaban J connectivity index is 1.06. The maximum Gasteiger partial charge on any atom is 0.315 e. The first-order chi connectivity index (χ1) is 23.2. The van der Waals surface area contributed by atoms with Crippen molar-refractivity contribution in [3.05, 3.63) is 11.6 Å². The molecule has 0 aromatic rings. The number of morpholine rings is 1. The fourth-order valence-corrected chi connectivity index (χ4v) is 14.0. The van der Waals surface area contributed by atoms with Crippen LogP contribution in [0.2, 0.25) is 0 Å². The van der Waals surface area contributed by atoms with Gasteiger partial charge in [-0.2, -0.15) is 0 Å². The van der Waals surface area contributed by atoms with E-state index < -0.39 is 22.2 Å². The molecule has 0 spiro atoms. The number of carbonyl (C=O) groups excluding carboxylic acids is 1. The van der Waals surface area contributed by atoms with Gasteiger partial charge in [0.25, 0.3) is 0 Å². The number of aliphatic carboxylic acids is 1. The summed E-state index contributed by atoms with van der Waals surface area (Å²) in [6.07, 6.45) is 18.8. The van der Waals surface area contributed by atoms with Gasteiger partial charge in [0, 0.05) is 25.0 Å². The molecule has 0 amide bonds. The van der Waals surface area contributed by atoms with Crippen LogP contribution < -0.4 is 0 Å². The molecule has 48 heavy (non-hydrogen) atoms. The number of likely N-dealkylation sites (tertiary alicyclic amines) is 1. The van der Waals surface area contributed by atoms with Crippen LogP contribution >= 0.6 is 0 Å². The van der Waals surface area contributed by atoms with Crippen LogP contribution in [0.1, 0.15) is 104 Å². The molecule has 8 aliphatic rings. The minimum atomic E-state index is -1.14. The molecule has 4 saturated carbocycles. The number of carboxylic acids is 1. The molecule has 0 radical (unpaired) electrons. The Morgan fingerprint density at radius 2 is 1.75 bits per heavy atom. The first-order valence-electron chi connectivity index (χ1n) is 20.3. The molecule has 3 saturated heterocycles. The highest BCUT2D eigenvalue weighted by Crippen LogP contribution is 2.84. The van der Waals surface area contributed by atoms with Crippen molar-refractivity contribution in [1.82, 2.24) is 9.80 Å². The SMILES string of the molecule is CC(C)C1=CC2CC3(C=O)[C@@H]4CC[C@@H](C)[C@H]4CC2(C2CC(CC4CCCC4)C(CN4CCC(CCN5CCOCC5)CC4)O2)[C@]13C(=O)O.